The Morgan fingerprint density at radius 1 is 1.35 bits per heavy atom. The van der Waals surface area contributed by atoms with Gasteiger partial charge in [0.2, 0.25) is 5.88 Å². The Hall–Kier alpha value is -1.56. The van der Waals surface area contributed by atoms with E-state index in [1.807, 2.05) is 42.4 Å². The van der Waals surface area contributed by atoms with E-state index < -0.39 is 0 Å². The summed E-state index contributed by atoms with van der Waals surface area (Å²) in [5.41, 5.74) is 2.97. The van der Waals surface area contributed by atoms with Gasteiger partial charge in [0.05, 0.1) is 17.4 Å². The Bertz CT molecular complexity index is 580. The summed E-state index contributed by atoms with van der Waals surface area (Å²) in [7, 11) is 3.94. The Morgan fingerprint density at radius 3 is 2.60 bits per heavy atom. The molecule has 0 aliphatic heterocycles. The van der Waals surface area contributed by atoms with Crippen molar-refractivity contribution in [2.45, 2.75) is 39.7 Å². The molecule has 0 saturated heterocycles. The fourth-order valence-corrected chi connectivity index (χ4v) is 2.92. The summed E-state index contributed by atoms with van der Waals surface area (Å²) < 4.78 is 7.73. The predicted octanol–water partition coefficient (Wildman–Crippen LogP) is 2.72. The number of aromatic nitrogens is 3. The first kappa shape index (κ1) is 14.8. The zero-order valence-corrected chi connectivity index (χ0v) is 13.8. The Morgan fingerprint density at radius 2 is 2.05 bits per heavy atom. The van der Waals surface area contributed by atoms with Gasteiger partial charge in [-0.05, 0) is 12.3 Å². The van der Waals surface area contributed by atoms with E-state index in [9.17, 15) is 0 Å². The molecule has 2 rings (SSSR count). The fourth-order valence-electron chi connectivity index (χ4n) is 2.04. The molecule has 0 bridgehead atoms. The molecule has 0 unspecified atom stereocenters. The van der Waals surface area contributed by atoms with Crippen LogP contribution < -0.4 is 9.75 Å². The number of aryl methyl sites for hydroxylation is 1. The van der Waals surface area contributed by atoms with Crippen molar-refractivity contribution in [3.05, 3.63) is 28.1 Å². The molecule has 2 heterocycles. The van der Waals surface area contributed by atoms with Crippen LogP contribution in [0.5, 0.6) is 5.88 Å². The van der Waals surface area contributed by atoms with Crippen molar-refractivity contribution in [2.75, 3.05) is 19.1 Å². The Balaban J connectivity index is 2.10. The molecule has 2 aromatic heterocycles. The van der Waals surface area contributed by atoms with E-state index in [0.29, 0.717) is 12.5 Å². The SMILES string of the molecule is Cc1nc(OCc2ncsc2C(C)(C)C)cn1N(C)C. The average molecular weight is 294 g/mol. The highest BCUT2D eigenvalue weighted by Gasteiger charge is 2.21. The molecular formula is C14H22N4OS. The van der Waals surface area contributed by atoms with Crippen LogP contribution in [-0.4, -0.2) is 28.7 Å². The van der Waals surface area contributed by atoms with E-state index in [0.717, 1.165) is 11.5 Å². The average Bonchev–Trinajstić information content (AvgIpc) is 2.91. The van der Waals surface area contributed by atoms with Crippen LogP contribution >= 0.6 is 11.3 Å². The number of thiazole rings is 1. The van der Waals surface area contributed by atoms with Gasteiger partial charge in [0.25, 0.3) is 0 Å². The molecule has 0 N–H and O–H groups in total. The molecule has 110 valence electrons. The maximum Gasteiger partial charge on any atom is 0.234 e. The lowest BCUT2D eigenvalue weighted by molar-refractivity contribution is 0.288. The van der Waals surface area contributed by atoms with Gasteiger partial charge >= 0.3 is 0 Å². The van der Waals surface area contributed by atoms with E-state index in [1.54, 1.807) is 11.3 Å². The Kier molecular flexibility index (Phi) is 4.04. The summed E-state index contributed by atoms with van der Waals surface area (Å²) in [6, 6.07) is 0. The second-order valence-electron chi connectivity index (χ2n) is 5.98. The number of rotatable bonds is 4. The zero-order chi connectivity index (χ0) is 14.9. The summed E-state index contributed by atoms with van der Waals surface area (Å²) >= 11 is 1.68. The lowest BCUT2D eigenvalue weighted by atomic mass is 9.93. The van der Waals surface area contributed by atoms with Gasteiger partial charge in [0.15, 0.2) is 0 Å². The van der Waals surface area contributed by atoms with E-state index >= 15 is 0 Å². The molecule has 0 saturated carbocycles. The van der Waals surface area contributed by atoms with Crippen LogP contribution in [0.2, 0.25) is 0 Å². The standard InChI is InChI=1S/C14H22N4OS/c1-10-16-12(7-18(10)17(5)6)19-8-11-13(14(2,3)4)20-9-15-11/h7,9H,8H2,1-6H3. The summed E-state index contributed by atoms with van der Waals surface area (Å²) in [5.74, 6) is 1.53. The third kappa shape index (κ3) is 3.12. The summed E-state index contributed by atoms with van der Waals surface area (Å²) in [6.07, 6.45) is 1.89. The highest BCUT2D eigenvalue weighted by Crippen LogP contribution is 2.29. The van der Waals surface area contributed by atoms with Gasteiger partial charge in [0, 0.05) is 19.0 Å². The van der Waals surface area contributed by atoms with Gasteiger partial charge in [-0.15, -0.1) is 11.3 Å². The molecule has 6 heteroatoms. The highest BCUT2D eigenvalue weighted by atomic mass is 32.1. The minimum Gasteiger partial charge on any atom is -0.470 e. The van der Waals surface area contributed by atoms with Crippen LogP contribution in [-0.2, 0) is 12.0 Å². The molecule has 20 heavy (non-hydrogen) atoms. The fraction of sp³-hybridized carbons (Fsp3) is 0.571. The lowest BCUT2D eigenvalue weighted by Crippen LogP contribution is -2.24. The van der Waals surface area contributed by atoms with Gasteiger partial charge < -0.3 is 9.75 Å². The largest absolute Gasteiger partial charge is 0.470 e. The van der Waals surface area contributed by atoms with Crippen molar-refractivity contribution < 1.29 is 4.74 Å². The monoisotopic (exact) mass is 294 g/mol. The van der Waals surface area contributed by atoms with E-state index in [1.165, 1.54) is 4.88 Å². The number of ether oxygens (including phenoxy) is 1. The third-order valence-electron chi connectivity index (χ3n) is 2.95. The van der Waals surface area contributed by atoms with Gasteiger partial charge in [-0.1, -0.05) is 20.8 Å². The molecule has 0 aromatic carbocycles. The maximum atomic E-state index is 5.78. The predicted molar refractivity (Wildman–Crippen MR) is 82.2 cm³/mol. The minimum atomic E-state index is 0.0960. The van der Waals surface area contributed by atoms with Crippen molar-refractivity contribution in [2.24, 2.45) is 0 Å². The van der Waals surface area contributed by atoms with Crippen LogP contribution in [0.4, 0.5) is 0 Å². The Labute approximate surface area is 124 Å². The molecule has 0 radical (unpaired) electrons. The van der Waals surface area contributed by atoms with Crippen molar-refractivity contribution in [1.82, 2.24) is 14.6 Å². The van der Waals surface area contributed by atoms with E-state index in [2.05, 4.69) is 30.7 Å². The van der Waals surface area contributed by atoms with Crippen molar-refractivity contribution in [1.29, 1.82) is 0 Å². The van der Waals surface area contributed by atoms with Gasteiger partial charge in [-0.2, -0.15) is 4.98 Å². The molecule has 0 aliphatic rings. The quantitative estimate of drug-likeness (QED) is 0.869. The van der Waals surface area contributed by atoms with Crippen LogP contribution in [0, 0.1) is 6.92 Å². The summed E-state index contributed by atoms with van der Waals surface area (Å²) in [6.45, 7) is 8.98. The number of nitrogens with zero attached hydrogens (tertiary/aromatic N) is 4. The maximum absolute atomic E-state index is 5.78. The van der Waals surface area contributed by atoms with Crippen LogP contribution in [0.25, 0.3) is 0 Å². The summed E-state index contributed by atoms with van der Waals surface area (Å²) in [4.78, 5) is 10.1. The van der Waals surface area contributed by atoms with Crippen molar-refractivity contribution >= 4 is 11.3 Å². The van der Waals surface area contributed by atoms with Crippen molar-refractivity contribution in [3.8, 4) is 5.88 Å². The van der Waals surface area contributed by atoms with Crippen molar-refractivity contribution in [3.63, 3.8) is 0 Å². The minimum absolute atomic E-state index is 0.0960. The smallest absolute Gasteiger partial charge is 0.234 e. The topological polar surface area (TPSA) is 43.2 Å². The van der Waals surface area contributed by atoms with Gasteiger partial charge in [-0.3, -0.25) is 0 Å². The second-order valence-corrected chi connectivity index (χ2v) is 6.84. The lowest BCUT2D eigenvalue weighted by Gasteiger charge is -2.17. The van der Waals surface area contributed by atoms with E-state index in [4.69, 9.17) is 4.74 Å². The number of hydrogen-bond donors (Lipinski definition) is 0. The molecule has 0 atom stereocenters. The number of imidazole rings is 1. The normalized spacial score (nSPS) is 11.7. The van der Waals surface area contributed by atoms with Crippen LogP contribution in [0.15, 0.2) is 11.7 Å². The third-order valence-corrected chi connectivity index (χ3v) is 4.24. The van der Waals surface area contributed by atoms with Gasteiger partial charge in [-0.25, -0.2) is 9.66 Å². The first-order valence-electron chi connectivity index (χ1n) is 6.58. The van der Waals surface area contributed by atoms with Crippen LogP contribution in [0.1, 0.15) is 37.2 Å². The van der Waals surface area contributed by atoms with Gasteiger partial charge in [0.1, 0.15) is 12.4 Å². The highest BCUT2D eigenvalue weighted by molar-refractivity contribution is 7.09. The molecule has 0 amide bonds. The molecule has 2 aromatic rings. The second kappa shape index (κ2) is 5.44. The first-order chi connectivity index (χ1) is 9.29. The molecule has 5 nitrogen and oxygen atoms in total. The molecule has 0 fully saturated rings. The molecular weight excluding hydrogens is 272 g/mol. The molecule has 0 spiro atoms. The van der Waals surface area contributed by atoms with E-state index in [-0.39, 0.29) is 5.41 Å². The number of hydrogen-bond acceptors (Lipinski definition) is 5. The zero-order valence-electron chi connectivity index (χ0n) is 13.0. The van der Waals surface area contributed by atoms with Crippen LogP contribution in [0.3, 0.4) is 0 Å². The first-order valence-corrected chi connectivity index (χ1v) is 7.46. The summed E-state index contributed by atoms with van der Waals surface area (Å²) in [5, 5.41) is 1.96. The molecule has 0 aliphatic carbocycles.